The van der Waals surface area contributed by atoms with Crippen LogP contribution >= 0.6 is 0 Å². The first-order chi connectivity index (χ1) is 9.56. The molecular formula is C14H14N4O2. The van der Waals surface area contributed by atoms with Crippen molar-refractivity contribution in [3.8, 4) is 11.4 Å². The molecule has 0 bridgehead atoms. The maximum Gasteiger partial charge on any atom is 0.323 e. The number of aliphatic carboxylic acids is 1. The third-order valence-corrected chi connectivity index (χ3v) is 3.20. The molecule has 6 heteroatoms. The lowest BCUT2D eigenvalue weighted by Crippen LogP contribution is -2.10. The SMILES string of the molecule is Cc1nn(C)cc1-c1nc2ccccc2n1CC(=O)O. The van der Waals surface area contributed by atoms with Gasteiger partial charge in [-0.25, -0.2) is 4.98 Å². The molecule has 2 aromatic heterocycles. The van der Waals surface area contributed by atoms with Crippen LogP contribution in [0.4, 0.5) is 0 Å². The normalized spacial score (nSPS) is 11.1. The number of benzene rings is 1. The van der Waals surface area contributed by atoms with Crippen LogP contribution < -0.4 is 0 Å². The molecule has 0 aliphatic rings. The Labute approximate surface area is 115 Å². The zero-order valence-electron chi connectivity index (χ0n) is 11.2. The molecule has 0 saturated heterocycles. The van der Waals surface area contributed by atoms with E-state index in [1.54, 1.807) is 9.25 Å². The Hall–Kier alpha value is -2.63. The smallest absolute Gasteiger partial charge is 0.323 e. The molecule has 1 aromatic carbocycles. The molecule has 0 unspecified atom stereocenters. The predicted octanol–water partition coefficient (Wildman–Crippen LogP) is 1.83. The fourth-order valence-electron chi connectivity index (χ4n) is 2.40. The van der Waals surface area contributed by atoms with Gasteiger partial charge in [-0.1, -0.05) is 12.1 Å². The van der Waals surface area contributed by atoms with Crippen molar-refractivity contribution in [2.45, 2.75) is 13.5 Å². The van der Waals surface area contributed by atoms with Crippen molar-refractivity contribution in [1.82, 2.24) is 19.3 Å². The quantitative estimate of drug-likeness (QED) is 0.788. The van der Waals surface area contributed by atoms with Gasteiger partial charge in [-0.3, -0.25) is 9.48 Å². The van der Waals surface area contributed by atoms with Crippen molar-refractivity contribution in [1.29, 1.82) is 0 Å². The molecule has 0 spiro atoms. The fourth-order valence-corrected chi connectivity index (χ4v) is 2.40. The molecule has 1 N–H and O–H groups in total. The summed E-state index contributed by atoms with van der Waals surface area (Å²) in [4.78, 5) is 15.7. The van der Waals surface area contributed by atoms with Crippen LogP contribution in [0.5, 0.6) is 0 Å². The third-order valence-electron chi connectivity index (χ3n) is 3.20. The van der Waals surface area contributed by atoms with E-state index in [0.29, 0.717) is 5.82 Å². The Morgan fingerprint density at radius 3 is 2.75 bits per heavy atom. The highest BCUT2D eigenvalue weighted by molar-refractivity contribution is 5.83. The zero-order chi connectivity index (χ0) is 14.3. The van der Waals surface area contributed by atoms with Gasteiger partial charge in [0.2, 0.25) is 0 Å². The lowest BCUT2D eigenvalue weighted by Gasteiger charge is -2.05. The Morgan fingerprint density at radius 1 is 1.35 bits per heavy atom. The van der Waals surface area contributed by atoms with Gasteiger partial charge >= 0.3 is 5.97 Å². The number of hydrogen-bond donors (Lipinski definition) is 1. The Kier molecular flexibility index (Phi) is 2.78. The van der Waals surface area contributed by atoms with Gasteiger partial charge in [-0.05, 0) is 19.1 Å². The summed E-state index contributed by atoms with van der Waals surface area (Å²) in [6, 6.07) is 7.52. The highest BCUT2D eigenvalue weighted by Gasteiger charge is 2.17. The van der Waals surface area contributed by atoms with Crippen molar-refractivity contribution >= 4 is 17.0 Å². The molecule has 2 heterocycles. The largest absolute Gasteiger partial charge is 0.480 e. The first-order valence-electron chi connectivity index (χ1n) is 6.24. The number of carbonyl (C=O) groups is 1. The van der Waals surface area contributed by atoms with Gasteiger partial charge in [0.25, 0.3) is 0 Å². The Balaban J connectivity index is 2.28. The van der Waals surface area contributed by atoms with Crippen LogP contribution in [0.15, 0.2) is 30.5 Å². The summed E-state index contributed by atoms with van der Waals surface area (Å²) in [5.74, 6) is -0.254. The molecular weight excluding hydrogens is 256 g/mol. The lowest BCUT2D eigenvalue weighted by atomic mass is 10.2. The van der Waals surface area contributed by atoms with Crippen LogP contribution in [-0.4, -0.2) is 30.4 Å². The summed E-state index contributed by atoms with van der Waals surface area (Å²) in [6.07, 6.45) is 1.86. The van der Waals surface area contributed by atoms with Crippen LogP contribution in [-0.2, 0) is 18.4 Å². The minimum Gasteiger partial charge on any atom is -0.480 e. The first kappa shape index (κ1) is 12.4. The van der Waals surface area contributed by atoms with Gasteiger partial charge in [0.1, 0.15) is 12.4 Å². The molecule has 6 nitrogen and oxygen atoms in total. The number of hydrogen-bond acceptors (Lipinski definition) is 3. The van der Waals surface area contributed by atoms with E-state index in [1.165, 1.54) is 0 Å². The summed E-state index contributed by atoms with van der Waals surface area (Å²) in [5.41, 5.74) is 3.28. The average Bonchev–Trinajstić information content (AvgIpc) is 2.90. The second kappa shape index (κ2) is 4.48. The summed E-state index contributed by atoms with van der Waals surface area (Å²) in [5, 5.41) is 13.4. The van der Waals surface area contributed by atoms with Crippen molar-refractivity contribution in [3.05, 3.63) is 36.2 Å². The predicted molar refractivity (Wildman–Crippen MR) is 74.3 cm³/mol. The number of para-hydroxylation sites is 2. The van der Waals surface area contributed by atoms with Crippen LogP contribution in [0.25, 0.3) is 22.4 Å². The molecule has 0 radical (unpaired) electrons. The van der Waals surface area contributed by atoms with Gasteiger partial charge in [-0.15, -0.1) is 0 Å². The number of imidazole rings is 1. The van der Waals surface area contributed by atoms with E-state index in [-0.39, 0.29) is 6.54 Å². The molecule has 102 valence electrons. The number of rotatable bonds is 3. The minimum absolute atomic E-state index is 0.121. The van der Waals surface area contributed by atoms with Crippen LogP contribution in [0.1, 0.15) is 5.69 Å². The van der Waals surface area contributed by atoms with Crippen LogP contribution in [0.2, 0.25) is 0 Å². The number of aromatic nitrogens is 4. The van der Waals surface area contributed by atoms with Gasteiger partial charge in [0, 0.05) is 13.2 Å². The monoisotopic (exact) mass is 270 g/mol. The van der Waals surface area contributed by atoms with Gasteiger partial charge < -0.3 is 9.67 Å². The van der Waals surface area contributed by atoms with Gasteiger partial charge in [0.15, 0.2) is 0 Å². The third kappa shape index (κ3) is 1.95. The first-order valence-corrected chi connectivity index (χ1v) is 6.24. The van der Waals surface area contributed by atoms with Crippen LogP contribution in [0.3, 0.4) is 0 Å². The number of carboxylic acids is 1. The van der Waals surface area contributed by atoms with Crippen molar-refractivity contribution < 1.29 is 9.90 Å². The maximum atomic E-state index is 11.1. The summed E-state index contributed by atoms with van der Waals surface area (Å²) in [7, 11) is 1.83. The van der Waals surface area contributed by atoms with E-state index >= 15 is 0 Å². The Morgan fingerprint density at radius 2 is 2.10 bits per heavy atom. The molecule has 3 aromatic rings. The van der Waals surface area contributed by atoms with Crippen molar-refractivity contribution in [2.24, 2.45) is 7.05 Å². The average molecular weight is 270 g/mol. The minimum atomic E-state index is -0.893. The van der Waals surface area contributed by atoms with E-state index in [9.17, 15) is 4.79 Å². The molecule has 0 aliphatic heterocycles. The summed E-state index contributed by atoms with van der Waals surface area (Å²) in [6.45, 7) is 1.77. The van der Waals surface area contributed by atoms with E-state index in [4.69, 9.17) is 5.11 Å². The molecule has 3 rings (SSSR count). The second-order valence-corrected chi connectivity index (χ2v) is 4.71. The van der Waals surface area contributed by atoms with E-state index < -0.39 is 5.97 Å². The fraction of sp³-hybridized carbons (Fsp3) is 0.214. The molecule has 20 heavy (non-hydrogen) atoms. The molecule has 0 aliphatic carbocycles. The Bertz CT molecular complexity index is 801. The zero-order valence-corrected chi connectivity index (χ0v) is 11.2. The molecule has 0 amide bonds. The summed E-state index contributed by atoms with van der Waals surface area (Å²) >= 11 is 0. The van der Waals surface area contributed by atoms with Crippen molar-refractivity contribution in [3.63, 3.8) is 0 Å². The standard InChI is InChI=1S/C14H14N4O2/c1-9-10(7-17(2)16-9)14-15-11-5-3-4-6-12(11)18(14)8-13(19)20/h3-7H,8H2,1-2H3,(H,19,20). The molecule has 0 fully saturated rings. The molecule has 0 atom stereocenters. The van der Waals surface area contributed by atoms with E-state index in [2.05, 4.69) is 10.1 Å². The lowest BCUT2D eigenvalue weighted by molar-refractivity contribution is -0.137. The highest BCUT2D eigenvalue weighted by Crippen LogP contribution is 2.26. The topological polar surface area (TPSA) is 72.9 Å². The number of aryl methyl sites for hydroxylation is 2. The maximum absolute atomic E-state index is 11.1. The van der Waals surface area contributed by atoms with Gasteiger partial charge in [0.05, 0.1) is 22.3 Å². The number of fused-ring (bicyclic) bond motifs is 1. The summed E-state index contributed by atoms with van der Waals surface area (Å²) < 4.78 is 3.41. The van der Waals surface area contributed by atoms with E-state index in [1.807, 2.05) is 44.4 Å². The highest BCUT2D eigenvalue weighted by atomic mass is 16.4. The van der Waals surface area contributed by atoms with E-state index in [0.717, 1.165) is 22.3 Å². The van der Waals surface area contributed by atoms with Crippen LogP contribution in [0, 0.1) is 6.92 Å². The number of carboxylic acid groups (broad SMARTS) is 1. The van der Waals surface area contributed by atoms with Gasteiger partial charge in [-0.2, -0.15) is 5.10 Å². The molecule has 0 saturated carbocycles. The second-order valence-electron chi connectivity index (χ2n) is 4.71. The van der Waals surface area contributed by atoms with Crippen molar-refractivity contribution in [2.75, 3.05) is 0 Å². The number of nitrogens with zero attached hydrogens (tertiary/aromatic N) is 4.